The van der Waals surface area contributed by atoms with Crippen LogP contribution in [0, 0.1) is 17.8 Å². The van der Waals surface area contributed by atoms with Gasteiger partial charge in [0.05, 0.1) is 0 Å². The predicted molar refractivity (Wildman–Crippen MR) is 88.0 cm³/mol. The zero-order valence-corrected chi connectivity index (χ0v) is 14.0. The molecule has 3 atom stereocenters. The van der Waals surface area contributed by atoms with E-state index in [9.17, 15) is 0 Å². The summed E-state index contributed by atoms with van der Waals surface area (Å²) >= 11 is 0. The molecule has 0 spiro atoms. The van der Waals surface area contributed by atoms with Gasteiger partial charge in [-0.05, 0) is 63.5 Å². The lowest BCUT2D eigenvalue weighted by molar-refractivity contribution is 0.143. The Balaban J connectivity index is 1.78. The van der Waals surface area contributed by atoms with Gasteiger partial charge in [0.2, 0.25) is 0 Å². The largest absolute Gasteiger partial charge is 0.314 e. The fraction of sp³-hybridized carbons (Fsp3) is 1.00. The second kappa shape index (κ2) is 8.38. The Hall–Kier alpha value is -0.0800. The van der Waals surface area contributed by atoms with E-state index >= 15 is 0 Å². The minimum atomic E-state index is 0.769. The average Bonchev–Trinajstić information content (AvgIpc) is 2.43. The monoisotopic (exact) mass is 280 g/mol. The van der Waals surface area contributed by atoms with Crippen LogP contribution in [-0.4, -0.2) is 37.6 Å². The van der Waals surface area contributed by atoms with Crippen LogP contribution in [0.5, 0.6) is 0 Å². The lowest BCUT2D eigenvalue weighted by Gasteiger charge is -2.38. The van der Waals surface area contributed by atoms with E-state index in [0.717, 1.165) is 30.3 Å². The molecular formula is C18H36N2. The molecule has 2 rings (SSSR count). The van der Waals surface area contributed by atoms with Crippen molar-refractivity contribution in [2.45, 2.75) is 71.3 Å². The minimum absolute atomic E-state index is 0.769. The molecule has 0 radical (unpaired) electrons. The van der Waals surface area contributed by atoms with E-state index < -0.39 is 0 Å². The molecule has 2 aliphatic carbocycles. The smallest absolute Gasteiger partial charge is 0.0108 e. The Morgan fingerprint density at radius 1 is 1.00 bits per heavy atom. The standard InChI is InChI=1S/C18H36N2/c1-4-19-18-11-10-15(2)12-17(18)14-20(3)13-16-8-6-5-7-9-16/h15-19H,4-14H2,1-3H3. The van der Waals surface area contributed by atoms with Crippen LogP contribution in [0.1, 0.15) is 65.2 Å². The van der Waals surface area contributed by atoms with Crippen molar-refractivity contribution in [3.8, 4) is 0 Å². The molecule has 3 unspecified atom stereocenters. The molecule has 0 aromatic rings. The molecule has 118 valence electrons. The lowest BCUT2D eigenvalue weighted by Crippen LogP contribution is -2.45. The summed E-state index contributed by atoms with van der Waals surface area (Å²) in [7, 11) is 2.36. The highest BCUT2D eigenvalue weighted by atomic mass is 15.1. The van der Waals surface area contributed by atoms with Gasteiger partial charge in [0, 0.05) is 19.1 Å². The van der Waals surface area contributed by atoms with Crippen LogP contribution < -0.4 is 5.32 Å². The van der Waals surface area contributed by atoms with E-state index in [1.807, 2.05) is 0 Å². The van der Waals surface area contributed by atoms with Gasteiger partial charge < -0.3 is 10.2 Å². The van der Waals surface area contributed by atoms with Crippen molar-refractivity contribution in [2.75, 3.05) is 26.7 Å². The first-order chi connectivity index (χ1) is 9.69. The van der Waals surface area contributed by atoms with Crippen LogP contribution in [0.4, 0.5) is 0 Å². The molecule has 0 aromatic carbocycles. The minimum Gasteiger partial charge on any atom is -0.314 e. The Morgan fingerprint density at radius 2 is 1.75 bits per heavy atom. The summed E-state index contributed by atoms with van der Waals surface area (Å²) in [5, 5.41) is 3.74. The van der Waals surface area contributed by atoms with Crippen molar-refractivity contribution in [1.82, 2.24) is 10.2 Å². The van der Waals surface area contributed by atoms with Gasteiger partial charge in [0.15, 0.2) is 0 Å². The summed E-state index contributed by atoms with van der Waals surface area (Å²) in [6, 6.07) is 0.769. The summed E-state index contributed by atoms with van der Waals surface area (Å²) < 4.78 is 0. The second-order valence-electron chi connectivity index (χ2n) is 7.57. The van der Waals surface area contributed by atoms with Gasteiger partial charge in [-0.15, -0.1) is 0 Å². The number of nitrogens with zero attached hydrogens (tertiary/aromatic N) is 1. The van der Waals surface area contributed by atoms with Gasteiger partial charge in [0.25, 0.3) is 0 Å². The van der Waals surface area contributed by atoms with E-state index in [1.54, 1.807) is 0 Å². The molecule has 2 nitrogen and oxygen atoms in total. The first-order valence-corrected chi connectivity index (χ1v) is 9.11. The highest BCUT2D eigenvalue weighted by molar-refractivity contribution is 4.85. The Morgan fingerprint density at radius 3 is 2.45 bits per heavy atom. The van der Waals surface area contributed by atoms with E-state index in [4.69, 9.17) is 0 Å². The highest BCUT2D eigenvalue weighted by Crippen LogP contribution is 2.30. The molecule has 0 aliphatic heterocycles. The second-order valence-corrected chi connectivity index (χ2v) is 7.57. The van der Waals surface area contributed by atoms with E-state index in [-0.39, 0.29) is 0 Å². The first-order valence-electron chi connectivity index (χ1n) is 9.11. The molecule has 0 saturated heterocycles. The van der Waals surface area contributed by atoms with Crippen LogP contribution in [-0.2, 0) is 0 Å². The van der Waals surface area contributed by atoms with Gasteiger partial charge in [-0.1, -0.05) is 33.1 Å². The third-order valence-electron chi connectivity index (χ3n) is 5.55. The lowest BCUT2D eigenvalue weighted by atomic mass is 9.78. The van der Waals surface area contributed by atoms with Gasteiger partial charge in [-0.25, -0.2) is 0 Å². The summed E-state index contributed by atoms with van der Waals surface area (Å²) in [6.07, 6.45) is 11.6. The summed E-state index contributed by atoms with van der Waals surface area (Å²) in [4.78, 5) is 2.64. The number of hydrogen-bond donors (Lipinski definition) is 1. The van der Waals surface area contributed by atoms with Crippen LogP contribution >= 0.6 is 0 Å². The van der Waals surface area contributed by atoms with E-state index in [0.29, 0.717) is 0 Å². The van der Waals surface area contributed by atoms with Crippen molar-refractivity contribution in [3.05, 3.63) is 0 Å². The number of rotatable bonds is 6. The van der Waals surface area contributed by atoms with Crippen molar-refractivity contribution in [3.63, 3.8) is 0 Å². The average molecular weight is 280 g/mol. The Kier molecular flexibility index (Phi) is 6.83. The summed E-state index contributed by atoms with van der Waals surface area (Å²) in [6.45, 7) is 8.46. The maximum absolute atomic E-state index is 3.74. The van der Waals surface area contributed by atoms with E-state index in [2.05, 4.69) is 31.1 Å². The summed E-state index contributed by atoms with van der Waals surface area (Å²) in [5.41, 5.74) is 0. The Bertz CT molecular complexity index is 260. The number of nitrogens with one attached hydrogen (secondary N) is 1. The fourth-order valence-corrected chi connectivity index (χ4v) is 4.52. The van der Waals surface area contributed by atoms with Crippen molar-refractivity contribution in [1.29, 1.82) is 0 Å². The van der Waals surface area contributed by atoms with Crippen molar-refractivity contribution in [2.24, 2.45) is 17.8 Å². The molecule has 2 aliphatic rings. The molecule has 0 aromatic heterocycles. The molecule has 2 heteroatoms. The SMILES string of the molecule is CCNC1CCC(C)CC1CN(C)CC1CCCCC1. The van der Waals surface area contributed by atoms with Gasteiger partial charge in [-0.2, -0.15) is 0 Å². The normalized spacial score (nSPS) is 32.7. The first kappa shape index (κ1) is 16.3. The van der Waals surface area contributed by atoms with Gasteiger partial charge >= 0.3 is 0 Å². The third kappa shape index (κ3) is 5.04. The van der Waals surface area contributed by atoms with Gasteiger partial charge in [0.1, 0.15) is 0 Å². The maximum Gasteiger partial charge on any atom is 0.0108 e. The molecule has 0 bridgehead atoms. The van der Waals surface area contributed by atoms with Crippen LogP contribution in [0.25, 0.3) is 0 Å². The zero-order valence-electron chi connectivity index (χ0n) is 14.0. The highest BCUT2D eigenvalue weighted by Gasteiger charge is 2.29. The third-order valence-corrected chi connectivity index (χ3v) is 5.55. The van der Waals surface area contributed by atoms with Crippen molar-refractivity contribution >= 4 is 0 Å². The van der Waals surface area contributed by atoms with Crippen LogP contribution in [0.2, 0.25) is 0 Å². The number of hydrogen-bond acceptors (Lipinski definition) is 2. The molecule has 1 N–H and O–H groups in total. The fourth-order valence-electron chi connectivity index (χ4n) is 4.52. The maximum atomic E-state index is 3.74. The van der Waals surface area contributed by atoms with E-state index in [1.165, 1.54) is 64.5 Å². The molecule has 2 saturated carbocycles. The summed E-state index contributed by atoms with van der Waals surface area (Å²) in [5.74, 6) is 2.78. The van der Waals surface area contributed by atoms with Crippen LogP contribution in [0.3, 0.4) is 0 Å². The zero-order chi connectivity index (χ0) is 14.4. The van der Waals surface area contributed by atoms with Gasteiger partial charge in [-0.3, -0.25) is 0 Å². The molecule has 20 heavy (non-hydrogen) atoms. The predicted octanol–water partition coefficient (Wildman–Crippen LogP) is 3.91. The molecule has 0 heterocycles. The molecule has 0 amide bonds. The Labute approximate surface area is 126 Å². The van der Waals surface area contributed by atoms with Crippen molar-refractivity contribution < 1.29 is 0 Å². The van der Waals surface area contributed by atoms with Crippen LogP contribution in [0.15, 0.2) is 0 Å². The molecule has 2 fully saturated rings. The molecular weight excluding hydrogens is 244 g/mol. The quantitative estimate of drug-likeness (QED) is 0.793. The topological polar surface area (TPSA) is 15.3 Å².